The normalized spacial score (nSPS) is 19.9. The largest absolute Gasteiger partial charge is 0.491 e. The fourth-order valence-corrected chi connectivity index (χ4v) is 4.46. The summed E-state index contributed by atoms with van der Waals surface area (Å²) in [5, 5.41) is 1.02. The first-order chi connectivity index (χ1) is 16.5. The van der Waals surface area contributed by atoms with E-state index in [-0.39, 0.29) is 6.10 Å². The van der Waals surface area contributed by atoms with Gasteiger partial charge in [0.1, 0.15) is 24.3 Å². The standard InChI is InChI=1S/C25H22Cl2N4O3/c1-17-29-9-8-24(30-17)18-2-5-20(6-3-18)32-13-21-14-33-25(34-21,15-31-11-10-28-16-31)22-7-4-19(26)12-23(22)27/h2-12,16,21H,13-15H2,1H3/t21-,25-/m1/s1. The molecule has 0 radical (unpaired) electrons. The number of ether oxygens (including phenoxy) is 3. The van der Waals surface area contributed by atoms with E-state index in [2.05, 4.69) is 15.0 Å². The summed E-state index contributed by atoms with van der Waals surface area (Å²) < 4.78 is 20.5. The summed E-state index contributed by atoms with van der Waals surface area (Å²) in [6, 6.07) is 14.9. The zero-order chi connectivity index (χ0) is 23.5. The third kappa shape index (κ3) is 4.93. The summed E-state index contributed by atoms with van der Waals surface area (Å²) in [7, 11) is 0. The minimum atomic E-state index is -1.08. The van der Waals surface area contributed by atoms with Crippen molar-refractivity contribution in [2.45, 2.75) is 25.4 Å². The zero-order valence-corrected chi connectivity index (χ0v) is 19.9. The zero-order valence-electron chi connectivity index (χ0n) is 18.4. The number of hydrogen-bond donors (Lipinski definition) is 0. The molecule has 0 N–H and O–H groups in total. The Bertz CT molecular complexity index is 1270. The van der Waals surface area contributed by atoms with Crippen LogP contribution in [0.1, 0.15) is 11.4 Å². The third-order valence-electron chi connectivity index (χ3n) is 5.51. The number of hydrogen-bond acceptors (Lipinski definition) is 6. The Morgan fingerprint density at radius 2 is 1.97 bits per heavy atom. The molecule has 4 aromatic rings. The number of aryl methyl sites for hydroxylation is 1. The van der Waals surface area contributed by atoms with Gasteiger partial charge in [0.15, 0.2) is 0 Å². The van der Waals surface area contributed by atoms with Crippen molar-refractivity contribution < 1.29 is 14.2 Å². The van der Waals surface area contributed by atoms with Gasteiger partial charge in [-0.3, -0.25) is 0 Å². The smallest absolute Gasteiger partial charge is 0.215 e. The average Bonchev–Trinajstić information content (AvgIpc) is 3.49. The second-order valence-corrected chi connectivity index (χ2v) is 8.83. The Balaban J connectivity index is 1.29. The molecule has 2 aromatic carbocycles. The van der Waals surface area contributed by atoms with E-state index in [0.29, 0.717) is 35.4 Å². The van der Waals surface area contributed by atoms with Gasteiger partial charge in [0.25, 0.3) is 0 Å². The molecule has 0 saturated carbocycles. The highest BCUT2D eigenvalue weighted by molar-refractivity contribution is 6.35. The van der Waals surface area contributed by atoms with Gasteiger partial charge in [0.05, 0.1) is 30.2 Å². The maximum atomic E-state index is 6.53. The van der Waals surface area contributed by atoms with Gasteiger partial charge in [-0.15, -0.1) is 0 Å². The summed E-state index contributed by atoms with van der Waals surface area (Å²) in [4.78, 5) is 12.7. The summed E-state index contributed by atoms with van der Waals surface area (Å²) in [5.74, 6) is 0.386. The van der Waals surface area contributed by atoms with Crippen LogP contribution >= 0.6 is 23.2 Å². The van der Waals surface area contributed by atoms with Crippen LogP contribution in [0, 0.1) is 6.92 Å². The molecule has 9 heteroatoms. The van der Waals surface area contributed by atoms with Crippen LogP contribution < -0.4 is 4.74 Å². The monoisotopic (exact) mass is 496 g/mol. The first-order valence-corrected chi connectivity index (χ1v) is 11.5. The van der Waals surface area contributed by atoms with Crippen molar-refractivity contribution in [3.8, 4) is 17.0 Å². The molecule has 0 bridgehead atoms. The van der Waals surface area contributed by atoms with E-state index in [1.807, 2.05) is 54.1 Å². The Kier molecular flexibility index (Phi) is 6.52. The average molecular weight is 497 g/mol. The van der Waals surface area contributed by atoms with E-state index in [0.717, 1.165) is 22.8 Å². The van der Waals surface area contributed by atoms with Crippen LogP contribution in [0.2, 0.25) is 10.0 Å². The van der Waals surface area contributed by atoms with Gasteiger partial charge in [-0.1, -0.05) is 29.3 Å². The molecular weight excluding hydrogens is 475 g/mol. The number of rotatable bonds is 7. The van der Waals surface area contributed by atoms with Crippen molar-refractivity contribution in [1.29, 1.82) is 0 Å². The van der Waals surface area contributed by atoms with Crippen molar-refractivity contribution in [2.75, 3.05) is 13.2 Å². The van der Waals surface area contributed by atoms with Gasteiger partial charge >= 0.3 is 0 Å². The lowest BCUT2D eigenvalue weighted by molar-refractivity contribution is -0.189. The van der Waals surface area contributed by atoms with Crippen molar-refractivity contribution >= 4 is 23.2 Å². The number of imidazole rings is 1. The molecule has 5 rings (SSSR count). The number of nitrogens with zero attached hydrogens (tertiary/aromatic N) is 4. The Hall–Kier alpha value is -2.97. The molecule has 34 heavy (non-hydrogen) atoms. The highest BCUT2D eigenvalue weighted by Gasteiger charge is 2.45. The van der Waals surface area contributed by atoms with Crippen molar-refractivity contribution in [2.24, 2.45) is 0 Å². The van der Waals surface area contributed by atoms with Crippen LogP contribution in [-0.2, 0) is 21.8 Å². The minimum Gasteiger partial charge on any atom is -0.491 e. The molecule has 0 spiro atoms. The predicted octanol–water partition coefficient (Wildman–Crippen LogP) is 5.30. The molecule has 3 heterocycles. The predicted molar refractivity (Wildman–Crippen MR) is 129 cm³/mol. The van der Waals surface area contributed by atoms with Crippen molar-refractivity contribution in [1.82, 2.24) is 19.5 Å². The Morgan fingerprint density at radius 1 is 1.12 bits per heavy atom. The Labute approximate surface area is 207 Å². The second kappa shape index (κ2) is 9.72. The van der Waals surface area contributed by atoms with Crippen LogP contribution in [0.15, 0.2) is 73.4 Å². The lowest BCUT2D eigenvalue weighted by atomic mass is 10.1. The lowest BCUT2D eigenvalue weighted by Crippen LogP contribution is -2.34. The van der Waals surface area contributed by atoms with Crippen molar-refractivity contribution in [3.05, 3.63) is 94.9 Å². The lowest BCUT2D eigenvalue weighted by Gasteiger charge is -2.30. The van der Waals surface area contributed by atoms with Gasteiger partial charge in [0.2, 0.25) is 5.79 Å². The maximum absolute atomic E-state index is 6.53. The quantitative estimate of drug-likeness (QED) is 0.345. The van der Waals surface area contributed by atoms with Gasteiger partial charge in [-0.25, -0.2) is 15.0 Å². The minimum absolute atomic E-state index is 0.292. The summed E-state index contributed by atoms with van der Waals surface area (Å²) in [6.45, 7) is 2.93. The third-order valence-corrected chi connectivity index (χ3v) is 6.06. The molecule has 1 saturated heterocycles. The van der Waals surface area contributed by atoms with E-state index in [4.69, 9.17) is 37.4 Å². The number of halogens is 2. The molecule has 1 aliphatic heterocycles. The van der Waals surface area contributed by atoms with E-state index in [1.54, 1.807) is 30.9 Å². The van der Waals surface area contributed by atoms with Crippen LogP contribution in [0.5, 0.6) is 5.75 Å². The molecule has 1 aliphatic rings. The molecule has 174 valence electrons. The van der Waals surface area contributed by atoms with Crippen molar-refractivity contribution in [3.63, 3.8) is 0 Å². The summed E-state index contributed by atoms with van der Waals surface area (Å²) in [5.41, 5.74) is 2.57. The van der Waals surface area contributed by atoms with Crippen LogP contribution in [0.3, 0.4) is 0 Å². The summed E-state index contributed by atoms with van der Waals surface area (Å²) >= 11 is 12.6. The fourth-order valence-electron chi connectivity index (χ4n) is 3.90. The number of aromatic nitrogens is 4. The number of benzene rings is 2. The molecule has 0 aliphatic carbocycles. The van der Waals surface area contributed by atoms with E-state index in [1.165, 1.54) is 0 Å². The van der Waals surface area contributed by atoms with Gasteiger partial charge in [0, 0.05) is 34.7 Å². The SMILES string of the molecule is Cc1nccc(-c2ccc(OC[C@@H]3CO[C@@](Cn4ccnc4)(c4ccc(Cl)cc4Cl)O3)cc2)n1. The van der Waals surface area contributed by atoms with Crippen LogP contribution in [0.4, 0.5) is 0 Å². The Morgan fingerprint density at radius 3 is 2.71 bits per heavy atom. The molecular formula is C25H22Cl2N4O3. The van der Waals surface area contributed by atoms with E-state index < -0.39 is 5.79 Å². The second-order valence-electron chi connectivity index (χ2n) is 7.99. The molecule has 0 unspecified atom stereocenters. The molecule has 2 atom stereocenters. The van der Waals surface area contributed by atoms with Gasteiger partial charge < -0.3 is 18.8 Å². The molecule has 0 amide bonds. The maximum Gasteiger partial charge on any atom is 0.215 e. The first kappa shape index (κ1) is 22.8. The van der Waals surface area contributed by atoms with E-state index in [9.17, 15) is 0 Å². The highest BCUT2D eigenvalue weighted by atomic mass is 35.5. The molecule has 7 nitrogen and oxygen atoms in total. The highest BCUT2D eigenvalue weighted by Crippen LogP contribution is 2.40. The molecule has 1 fully saturated rings. The van der Waals surface area contributed by atoms with Gasteiger partial charge in [-0.2, -0.15) is 0 Å². The van der Waals surface area contributed by atoms with Crippen LogP contribution in [0.25, 0.3) is 11.3 Å². The fraction of sp³-hybridized carbons (Fsp3) is 0.240. The molecule has 2 aromatic heterocycles. The first-order valence-electron chi connectivity index (χ1n) is 10.8. The van der Waals surface area contributed by atoms with E-state index >= 15 is 0 Å². The van der Waals surface area contributed by atoms with Crippen LogP contribution in [-0.4, -0.2) is 38.8 Å². The topological polar surface area (TPSA) is 71.3 Å². The van der Waals surface area contributed by atoms with Gasteiger partial charge in [-0.05, 0) is 49.4 Å². The summed E-state index contributed by atoms with van der Waals surface area (Å²) in [6.07, 6.45) is 6.73.